The largest absolute Gasteiger partial charge is 0.481 e. The van der Waals surface area contributed by atoms with Gasteiger partial charge in [0.05, 0.1) is 30.5 Å². The number of aromatic nitrogens is 6. The van der Waals surface area contributed by atoms with E-state index >= 15 is 0 Å². The van der Waals surface area contributed by atoms with Crippen LogP contribution in [0.15, 0.2) is 120 Å². The third-order valence-electron chi connectivity index (χ3n) is 15.3. The number of alkyl halides is 1. The normalized spacial score (nSPS) is 13.6. The molecule has 99 heavy (non-hydrogen) atoms. The molecule has 5 aromatic carbocycles. The number of nitrogens with zero attached hydrogens (tertiary/aromatic N) is 4. The molecule has 31 nitrogen and oxygen atoms in total. The van der Waals surface area contributed by atoms with Gasteiger partial charge >= 0.3 is 24.0 Å². The van der Waals surface area contributed by atoms with Gasteiger partial charge in [-0.05, 0) is 85.0 Å². The number of amides is 7. The summed E-state index contributed by atoms with van der Waals surface area (Å²) in [4.78, 5) is 159. The quantitative estimate of drug-likeness (QED) is 0.0166. The van der Waals surface area contributed by atoms with Crippen LogP contribution in [0.2, 0.25) is 0 Å². The van der Waals surface area contributed by atoms with Crippen molar-refractivity contribution < 1.29 is 68.0 Å². The number of benzene rings is 5. The summed E-state index contributed by atoms with van der Waals surface area (Å²) in [6, 6.07) is 26.1. The number of para-hydroxylation sites is 1. The first kappa shape index (κ1) is 72.0. The molecule has 5 unspecified atom stereocenters. The predicted octanol–water partition coefficient (Wildman–Crippen LogP) is 5.39. The zero-order valence-electron chi connectivity index (χ0n) is 52.8. The van der Waals surface area contributed by atoms with Gasteiger partial charge in [0.15, 0.2) is 11.2 Å². The van der Waals surface area contributed by atoms with E-state index < -0.39 is 96.7 Å². The first-order chi connectivity index (χ1) is 47.5. The third kappa shape index (κ3) is 18.4. The number of carbonyl (C=O) groups is 10. The summed E-state index contributed by atoms with van der Waals surface area (Å²) in [6.45, 7) is 4.14. The van der Waals surface area contributed by atoms with E-state index in [2.05, 4.69) is 67.1 Å². The molecule has 17 N–H and O–H groups in total. The Kier molecular flexibility index (Phi) is 24.1. The minimum Gasteiger partial charge on any atom is -0.481 e. The zero-order chi connectivity index (χ0) is 71.0. The number of hydrogen-bond donors (Lipinski definition) is 15. The van der Waals surface area contributed by atoms with Crippen LogP contribution in [-0.4, -0.2) is 166 Å². The lowest BCUT2D eigenvalue weighted by atomic mass is 9.95. The van der Waals surface area contributed by atoms with Crippen molar-refractivity contribution in [3.8, 4) is 5.75 Å². The molecule has 0 fully saturated rings. The molecule has 0 spiro atoms. The maximum atomic E-state index is 14.0. The number of nitrogens with one attached hydrogen (secondary N) is 10. The van der Waals surface area contributed by atoms with Gasteiger partial charge in [-0.1, -0.05) is 71.0 Å². The van der Waals surface area contributed by atoms with Crippen molar-refractivity contribution in [2.24, 2.45) is 5.73 Å². The SMILES string of the molecule is CCNC(=O)Oc1cc2c(c3ccccc13)C(CCl)CN2C(=O)c1cc2cc(NC(=O)c3cc4ccccc4[nH]3)ccc2[nH]1.CCSSCC(NC(=O)C(CC(=O)O)NC(=O)C(N)CNC(=O)CCC(NC(=O)c1ccc(NCc2cnc3nc(N)[nH]c(=O)c3n2)cc1)C(=O)O)C(=O)O. The van der Waals surface area contributed by atoms with E-state index in [9.17, 15) is 68.1 Å². The van der Waals surface area contributed by atoms with Gasteiger partial charge in [-0.3, -0.25) is 43.3 Å². The van der Waals surface area contributed by atoms with Gasteiger partial charge in [0.2, 0.25) is 23.7 Å². The number of aliphatic carboxylic acids is 3. The molecular formula is C65H67ClN16O15S2. The standard InChI is InChI=1S/C34H28ClN5O4.C31H39N11O11S2/c1-2-36-34(43)44-30-16-29-31(24-9-5-4-8-23(24)30)21(17-35)18-40(29)33(42)28-15-20-13-22(11-12-26(20)39-28)37-32(41)27-14-19-7-3-6-10-25(19)38-27;1-2-54-55-13-20(30(52)53)40-27(48)19(9-22(44)45)39-26(47)17(32)12-35-21(43)8-7-18(29(50)51)38-25(46)14-3-5-15(6-4-14)34-10-16-11-36-24-23(37-16)28(49)42-31(33)41-24/h3-16,21,38-39H,2,17-18H2,1H3,(H,36,43)(H,37,41);3-6,11,17-20,34H,2,7-10,12-13,32H2,1H3,(H,35,43)(H,38,46)(H,39,47)(H,40,48)(H,44,45)(H,50,51)(H,52,53)(H3,33,36,41,42,49). The Labute approximate surface area is 574 Å². The van der Waals surface area contributed by atoms with Crippen LogP contribution in [0.3, 0.4) is 0 Å². The molecule has 5 heterocycles. The van der Waals surface area contributed by atoms with E-state index in [4.69, 9.17) is 27.8 Å². The Hall–Kier alpha value is -11.3. The Bertz CT molecular complexity index is 4600. The van der Waals surface area contributed by atoms with Crippen LogP contribution in [0.4, 0.5) is 27.8 Å². The lowest BCUT2D eigenvalue weighted by Crippen LogP contribution is -2.57. The van der Waals surface area contributed by atoms with Crippen molar-refractivity contribution in [1.82, 2.24) is 56.5 Å². The number of anilines is 4. The summed E-state index contributed by atoms with van der Waals surface area (Å²) in [6.07, 6.45) is -0.781. The predicted molar refractivity (Wildman–Crippen MR) is 373 cm³/mol. The zero-order valence-corrected chi connectivity index (χ0v) is 55.2. The molecule has 1 aliphatic rings. The van der Waals surface area contributed by atoms with Crippen LogP contribution in [-0.2, 0) is 35.3 Å². The van der Waals surface area contributed by atoms with Gasteiger partial charge in [-0.15, -0.1) is 11.6 Å². The number of rotatable bonds is 28. The molecule has 0 saturated heterocycles. The minimum atomic E-state index is -1.68. The second kappa shape index (κ2) is 33.1. The molecule has 0 bridgehead atoms. The number of carboxylic acid groups (broad SMARTS) is 3. The van der Waals surface area contributed by atoms with Crippen molar-refractivity contribution >= 4 is 159 Å². The van der Waals surface area contributed by atoms with Crippen LogP contribution in [0.25, 0.3) is 43.7 Å². The average molecular weight is 1410 g/mol. The summed E-state index contributed by atoms with van der Waals surface area (Å²) in [7, 11) is 2.54. The van der Waals surface area contributed by atoms with Crippen molar-refractivity contribution in [2.75, 3.05) is 58.3 Å². The molecule has 34 heteroatoms. The fraction of sp³-hybridized carbons (Fsp3) is 0.262. The van der Waals surface area contributed by atoms with E-state index in [-0.39, 0.29) is 59.1 Å². The molecule has 516 valence electrons. The molecule has 1 aliphatic heterocycles. The van der Waals surface area contributed by atoms with Crippen LogP contribution in [0.1, 0.15) is 81.6 Å². The van der Waals surface area contributed by atoms with Crippen molar-refractivity contribution in [3.63, 3.8) is 0 Å². The highest BCUT2D eigenvalue weighted by atomic mass is 35.5. The highest BCUT2D eigenvalue weighted by Gasteiger charge is 2.37. The molecule has 0 radical (unpaired) electrons. The highest BCUT2D eigenvalue weighted by molar-refractivity contribution is 8.76. The third-order valence-corrected chi connectivity index (χ3v) is 18.1. The lowest BCUT2D eigenvalue weighted by molar-refractivity contribution is -0.143. The Morgan fingerprint density at radius 3 is 2.13 bits per heavy atom. The van der Waals surface area contributed by atoms with E-state index in [0.29, 0.717) is 64.6 Å². The lowest BCUT2D eigenvalue weighted by Gasteiger charge is -2.22. The number of nitrogens with two attached hydrogens (primary N) is 2. The fourth-order valence-corrected chi connectivity index (χ4v) is 12.5. The number of aromatic amines is 3. The van der Waals surface area contributed by atoms with Crippen molar-refractivity contribution in [3.05, 3.63) is 154 Å². The van der Waals surface area contributed by atoms with Crippen LogP contribution in [0.5, 0.6) is 5.75 Å². The minimum absolute atomic E-state index is 0.00880. The second-order valence-electron chi connectivity index (χ2n) is 22.2. The number of ether oxygens (including phenoxy) is 1. The molecule has 4 aromatic heterocycles. The van der Waals surface area contributed by atoms with E-state index in [1.54, 1.807) is 35.2 Å². The van der Waals surface area contributed by atoms with Gasteiger partial charge in [0.1, 0.15) is 41.3 Å². The van der Waals surface area contributed by atoms with Gasteiger partial charge in [0.25, 0.3) is 23.3 Å². The van der Waals surface area contributed by atoms with Crippen LogP contribution < -0.4 is 63.9 Å². The van der Waals surface area contributed by atoms with Crippen molar-refractivity contribution in [1.29, 1.82) is 0 Å². The molecular weight excluding hydrogens is 1340 g/mol. The number of H-pyrrole nitrogens is 3. The fourth-order valence-electron chi connectivity index (χ4n) is 10.4. The van der Waals surface area contributed by atoms with Crippen LogP contribution in [0, 0.1) is 0 Å². The summed E-state index contributed by atoms with van der Waals surface area (Å²) < 4.78 is 5.67. The Morgan fingerprint density at radius 1 is 0.737 bits per heavy atom. The number of nitrogen functional groups attached to an aromatic ring is 1. The Balaban J connectivity index is 0.000000236. The van der Waals surface area contributed by atoms with E-state index in [1.165, 1.54) is 39.9 Å². The first-order valence-corrected chi connectivity index (χ1v) is 33.6. The van der Waals surface area contributed by atoms with E-state index in [0.717, 1.165) is 38.1 Å². The maximum absolute atomic E-state index is 14.0. The topological polar surface area (TPSA) is 483 Å². The van der Waals surface area contributed by atoms with Gasteiger partial charge in [-0.25, -0.2) is 24.4 Å². The number of fused-ring (bicyclic) bond motifs is 6. The maximum Gasteiger partial charge on any atom is 0.412 e. The number of halogens is 1. The highest BCUT2D eigenvalue weighted by Crippen LogP contribution is 2.46. The molecule has 9 aromatic rings. The summed E-state index contributed by atoms with van der Waals surface area (Å²) in [5.74, 6) is -7.14. The summed E-state index contributed by atoms with van der Waals surface area (Å²) >= 11 is 6.43. The molecule has 10 rings (SSSR count). The number of carbonyl (C=O) groups excluding carboxylic acids is 7. The van der Waals surface area contributed by atoms with Gasteiger partial charge in [0, 0.05) is 99.6 Å². The Morgan fingerprint density at radius 2 is 1.42 bits per heavy atom. The van der Waals surface area contributed by atoms with Crippen molar-refractivity contribution in [2.45, 2.75) is 69.7 Å². The number of carboxylic acids is 3. The molecule has 0 saturated carbocycles. The monoisotopic (exact) mass is 1410 g/mol. The molecule has 7 amide bonds. The summed E-state index contributed by atoms with van der Waals surface area (Å²) in [5.41, 5.74) is 16.7. The van der Waals surface area contributed by atoms with Crippen LogP contribution >= 0.6 is 33.2 Å². The smallest absolute Gasteiger partial charge is 0.412 e. The average Bonchev–Trinajstić information content (AvgIpc) is 1.60. The van der Waals surface area contributed by atoms with Gasteiger partial charge in [-0.2, -0.15) is 4.98 Å². The molecule has 5 atom stereocenters. The first-order valence-electron chi connectivity index (χ1n) is 30.6. The molecule has 0 aliphatic carbocycles. The summed E-state index contributed by atoms with van der Waals surface area (Å²) in [5, 5.41) is 49.3. The number of hydrogen-bond acceptors (Lipinski definition) is 20. The van der Waals surface area contributed by atoms with E-state index in [1.807, 2.05) is 80.6 Å². The van der Waals surface area contributed by atoms with Gasteiger partial charge < -0.3 is 83.6 Å². The second-order valence-corrected chi connectivity index (χ2v) is 25.3.